The predicted molar refractivity (Wildman–Crippen MR) is 83.4 cm³/mol. The molecule has 0 atom stereocenters. The van der Waals surface area contributed by atoms with Gasteiger partial charge in [0.1, 0.15) is 11.4 Å². The van der Waals surface area contributed by atoms with Crippen LogP contribution in [0.5, 0.6) is 5.75 Å². The summed E-state index contributed by atoms with van der Waals surface area (Å²) in [5.74, 6) is 1.18. The van der Waals surface area contributed by atoms with Crippen molar-refractivity contribution in [1.82, 2.24) is 24.8 Å². The summed E-state index contributed by atoms with van der Waals surface area (Å²) in [7, 11) is 3.19. The molecule has 0 fully saturated rings. The number of aromatic nitrogens is 5. The van der Waals surface area contributed by atoms with Crippen LogP contribution in [0.2, 0.25) is 0 Å². The molecule has 0 bridgehead atoms. The largest absolute Gasteiger partial charge is 0.497 e. The molecule has 0 unspecified atom stereocenters. The number of methoxy groups -OCH3 is 1. The third-order valence-corrected chi connectivity index (χ3v) is 3.42. The second-order valence-electron chi connectivity index (χ2n) is 5.12. The van der Waals surface area contributed by atoms with Crippen molar-refractivity contribution >= 4 is 5.82 Å². The van der Waals surface area contributed by atoms with Gasteiger partial charge in [0, 0.05) is 31.4 Å². The first-order chi connectivity index (χ1) is 11.6. The van der Waals surface area contributed by atoms with Gasteiger partial charge in [-0.3, -0.25) is 4.68 Å². The molecule has 126 valence electrons. The molecule has 1 aromatic carbocycles. The summed E-state index contributed by atoms with van der Waals surface area (Å²) in [6.45, 7) is 0.185. The van der Waals surface area contributed by atoms with E-state index in [1.165, 1.54) is 4.68 Å². The van der Waals surface area contributed by atoms with Crippen molar-refractivity contribution in [1.29, 1.82) is 0 Å². The molecule has 0 saturated carbocycles. The Balaban J connectivity index is 1.72. The van der Waals surface area contributed by atoms with E-state index in [1.807, 2.05) is 24.3 Å². The van der Waals surface area contributed by atoms with Crippen LogP contribution in [0.25, 0.3) is 5.69 Å². The predicted octanol–water partition coefficient (Wildman–Crippen LogP) is 2.56. The molecule has 1 N–H and O–H groups in total. The Morgan fingerprint density at radius 2 is 2.12 bits per heavy atom. The lowest BCUT2D eigenvalue weighted by Gasteiger charge is -2.03. The molecule has 0 aliphatic heterocycles. The van der Waals surface area contributed by atoms with Crippen molar-refractivity contribution in [2.75, 3.05) is 12.4 Å². The molecule has 2 aromatic heterocycles. The lowest BCUT2D eigenvalue weighted by Crippen LogP contribution is -2.02. The monoisotopic (exact) mass is 334 g/mol. The number of nitrogens with one attached hydrogen (secondary N) is 1. The van der Waals surface area contributed by atoms with E-state index < -0.39 is 6.43 Å². The Labute approximate surface area is 136 Å². The van der Waals surface area contributed by atoms with Gasteiger partial charge in [0.2, 0.25) is 0 Å². The first-order valence-electron chi connectivity index (χ1n) is 7.18. The average Bonchev–Trinajstić information content (AvgIpc) is 3.19. The van der Waals surface area contributed by atoms with E-state index in [9.17, 15) is 8.78 Å². The van der Waals surface area contributed by atoms with Crippen molar-refractivity contribution in [3.05, 3.63) is 47.9 Å². The van der Waals surface area contributed by atoms with Gasteiger partial charge in [-0.25, -0.2) is 13.5 Å². The second-order valence-corrected chi connectivity index (χ2v) is 5.12. The lowest BCUT2D eigenvalue weighted by atomic mass is 10.2. The number of halogens is 2. The third kappa shape index (κ3) is 3.34. The fraction of sp³-hybridized carbons (Fsp3) is 0.267. The van der Waals surface area contributed by atoms with E-state index in [-0.39, 0.29) is 12.2 Å². The maximum atomic E-state index is 12.9. The molecule has 24 heavy (non-hydrogen) atoms. The first kappa shape index (κ1) is 15.9. The van der Waals surface area contributed by atoms with Crippen LogP contribution in [0, 0.1) is 0 Å². The zero-order chi connectivity index (χ0) is 17.1. The van der Waals surface area contributed by atoms with Crippen LogP contribution in [0.3, 0.4) is 0 Å². The minimum atomic E-state index is -2.62. The summed E-state index contributed by atoms with van der Waals surface area (Å²) >= 11 is 0. The van der Waals surface area contributed by atoms with Gasteiger partial charge < -0.3 is 10.1 Å². The van der Waals surface area contributed by atoms with Crippen molar-refractivity contribution in [3.8, 4) is 11.4 Å². The third-order valence-electron chi connectivity index (χ3n) is 3.42. The number of rotatable bonds is 6. The fourth-order valence-corrected chi connectivity index (χ4v) is 2.28. The summed E-state index contributed by atoms with van der Waals surface area (Å²) in [5.41, 5.74) is 0.971. The molecule has 9 heteroatoms. The summed E-state index contributed by atoms with van der Waals surface area (Å²) in [5, 5.41) is 14.7. The highest BCUT2D eigenvalue weighted by Crippen LogP contribution is 2.22. The molecule has 0 amide bonds. The van der Waals surface area contributed by atoms with E-state index in [0.29, 0.717) is 17.1 Å². The number of alkyl halides is 2. The number of aryl methyl sites for hydroxylation is 1. The fourth-order valence-electron chi connectivity index (χ4n) is 2.28. The van der Waals surface area contributed by atoms with Crippen LogP contribution >= 0.6 is 0 Å². The molecule has 0 saturated heterocycles. The van der Waals surface area contributed by atoms with Crippen LogP contribution in [0.1, 0.15) is 17.7 Å². The summed E-state index contributed by atoms with van der Waals surface area (Å²) < 4.78 is 33.9. The molecule has 3 rings (SSSR count). The normalized spacial score (nSPS) is 11.0. The number of hydrogen-bond donors (Lipinski definition) is 1. The minimum absolute atomic E-state index is 0.185. The highest BCUT2D eigenvalue weighted by molar-refractivity contribution is 5.41. The lowest BCUT2D eigenvalue weighted by molar-refractivity contribution is 0.144. The molecular weight excluding hydrogens is 318 g/mol. The zero-order valence-electron chi connectivity index (χ0n) is 13.1. The Morgan fingerprint density at radius 3 is 2.88 bits per heavy atom. The van der Waals surface area contributed by atoms with Crippen molar-refractivity contribution in [2.24, 2.45) is 7.05 Å². The van der Waals surface area contributed by atoms with Crippen molar-refractivity contribution in [2.45, 2.75) is 13.0 Å². The van der Waals surface area contributed by atoms with Gasteiger partial charge in [0.25, 0.3) is 6.43 Å². The standard InChI is InChI=1S/C15H16F2N6O/c1-22-8-10(14(20-22)15(16)17)7-18-13-9-23(21-19-13)11-4-3-5-12(6-11)24-2/h3-6,8-9,15,18H,7H2,1-2H3. The summed E-state index contributed by atoms with van der Waals surface area (Å²) in [6, 6.07) is 7.34. The molecular formula is C15H16F2N6O. The van der Waals surface area contributed by atoms with Gasteiger partial charge in [-0.2, -0.15) is 5.10 Å². The summed E-state index contributed by atoms with van der Waals surface area (Å²) in [4.78, 5) is 0. The summed E-state index contributed by atoms with van der Waals surface area (Å²) in [6.07, 6.45) is 0.615. The molecule has 7 nitrogen and oxygen atoms in total. The highest BCUT2D eigenvalue weighted by Gasteiger charge is 2.17. The molecule has 0 aliphatic rings. The van der Waals surface area contributed by atoms with E-state index in [1.54, 1.807) is 31.2 Å². The molecule has 2 heterocycles. The molecule has 0 spiro atoms. The minimum Gasteiger partial charge on any atom is -0.497 e. The Bertz CT molecular complexity index is 829. The van der Waals surface area contributed by atoms with Crippen LogP contribution in [-0.4, -0.2) is 31.9 Å². The number of hydrogen-bond acceptors (Lipinski definition) is 5. The van der Waals surface area contributed by atoms with Crippen LogP contribution in [0.15, 0.2) is 36.7 Å². The first-order valence-corrected chi connectivity index (χ1v) is 7.18. The maximum absolute atomic E-state index is 12.9. The van der Waals surface area contributed by atoms with Crippen LogP contribution in [-0.2, 0) is 13.6 Å². The van der Waals surface area contributed by atoms with Crippen LogP contribution in [0.4, 0.5) is 14.6 Å². The van der Waals surface area contributed by atoms with Gasteiger partial charge in [-0.1, -0.05) is 11.3 Å². The highest BCUT2D eigenvalue weighted by atomic mass is 19.3. The average molecular weight is 334 g/mol. The van der Waals surface area contributed by atoms with E-state index in [0.717, 1.165) is 5.69 Å². The van der Waals surface area contributed by atoms with Gasteiger partial charge in [0.15, 0.2) is 5.82 Å². The molecule has 0 aliphatic carbocycles. The Hall–Kier alpha value is -2.97. The van der Waals surface area contributed by atoms with Gasteiger partial charge >= 0.3 is 0 Å². The zero-order valence-corrected chi connectivity index (χ0v) is 13.1. The molecule has 3 aromatic rings. The number of ether oxygens (including phenoxy) is 1. The SMILES string of the molecule is COc1cccc(-n2cc(NCc3cn(C)nc3C(F)F)nn2)c1. The van der Waals surface area contributed by atoms with Crippen molar-refractivity contribution < 1.29 is 13.5 Å². The number of nitrogens with zero attached hydrogens (tertiary/aromatic N) is 5. The second kappa shape index (κ2) is 6.65. The Kier molecular flexibility index (Phi) is 4.41. The number of benzene rings is 1. The van der Waals surface area contributed by atoms with Gasteiger partial charge in [0.05, 0.1) is 19.0 Å². The topological polar surface area (TPSA) is 69.8 Å². The smallest absolute Gasteiger partial charge is 0.282 e. The van der Waals surface area contributed by atoms with E-state index in [2.05, 4.69) is 20.7 Å². The van der Waals surface area contributed by atoms with Gasteiger partial charge in [-0.15, -0.1) is 5.10 Å². The quantitative estimate of drug-likeness (QED) is 0.750. The van der Waals surface area contributed by atoms with E-state index in [4.69, 9.17) is 4.74 Å². The Morgan fingerprint density at radius 1 is 1.29 bits per heavy atom. The van der Waals surface area contributed by atoms with Gasteiger partial charge in [-0.05, 0) is 12.1 Å². The number of anilines is 1. The van der Waals surface area contributed by atoms with Crippen molar-refractivity contribution in [3.63, 3.8) is 0 Å². The molecule has 0 radical (unpaired) electrons. The maximum Gasteiger partial charge on any atom is 0.282 e. The van der Waals surface area contributed by atoms with Crippen LogP contribution < -0.4 is 10.1 Å². The van der Waals surface area contributed by atoms with E-state index >= 15 is 0 Å².